The van der Waals surface area contributed by atoms with E-state index in [2.05, 4.69) is 5.32 Å². The molecule has 3 atom stereocenters. The summed E-state index contributed by atoms with van der Waals surface area (Å²) in [6.45, 7) is 7.10. The highest BCUT2D eigenvalue weighted by Crippen LogP contribution is 2.49. The van der Waals surface area contributed by atoms with Gasteiger partial charge in [-0.05, 0) is 13.3 Å². The zero-order valence-electron chi connectivity index (χ0n) is 12.7. The van der Waals surface area contributed by atoms with Gasteiger partial charge in [-0.1, -0.05) is 13.8 Å². The van der Waals surface area contributed by atoms with Crippen molar-refractivity contribution in [2.45, 2.75) is 51.3 Å². The maximum absolute atomic E-state index is 12.5. The lowest BCUT2D eigenvalue weighted by Crippen LogP contribution is -2.76. The standard InChI is InChI=1S/C14H25N3O3/c1-5-20-10-8-14(15,13(10,2)3)12(19)16-9-6-7-17(4)11(9)18/h9-10H,5-8,15H2,1-4H3,(H,16,19). The normalized spacial score (nSPS) is 35.9. The Morgan fingerprint density at radius 2 is 2.20 bits per heavy atom. The lowest BCUT2D eigenvalue weighted by atomic mass is 9.54. The minimum Gasteiger partial charge on any atom is -0.378 e. The number of carbonyl (C=O) groups is 2. The van der Waals surface area contributed by atoms with Crippen LogP contribution in [-0.2, 0) is 14.3 Å². The van der Waals surface area contributed by atoms with Gasteiger partial charge in [0.15, 0.2) is 0 Å². The van der Waals surface area contributed by atoms with E-state index in [4.69, 9.17) is 10.5 Å². The molecule has 6 heteroatoms. The van der Waals surface area contributed by atoms with E-state index in [0.717, 1.165) is 0 Å². The molecule has 6 nitrogen and oxygen atoms in total. The van der Waals surface area contributed by atoms with Crippen LogP contribution in [0.25, 0.3) is 0 Å². The Balaban J connectivity index is 2.01. The summed E-state index contributed by atoms with van der Waals surface area (Å²) >= 11 is 0. The quantitative estimate of drug-likeness (QED) is 0.752. The molecule has 2 amide bonds. The van der Waals surface area contributed by atoms with Crippen molar-refractivity contribution in [2.75, 3.05) is 20.2 Å². The number of nitrogens with one attached hydrogen (secondary N) is 1. The number of ether oxygens (including phenoxy) is 1. The second-order valence-electron chi connectivity index (χ2n) is 6.42. The number of hydrogen-bond donors (Lipinski definition) is 2. The first kappa shape index (κ1) is 15.3. The summed E-state index contributed by atoms with van der Waals surface area (Å²) in [6.07, 6.45) is 1.13. The Morgan fingerprint density at radius 1 is 1.55 bits per heavy atom. The number of hydrogen-bond acceptors (Lipinski definition) is 4. The van der Waals surface area contributed by atoms with E-state index in [1.54, 1.807) is 11.9 Å². The van der Waals surface area contributed by atoms with Gasteiger partial charge in [0.25, 0.3) is 0 Å². The Morgan fingerprint density at radius 3 is 2.65 bits per heavy atom. The molecule has 114 valence electrons. The van der Waals surface area contributed by atoms with Gasteiger partial charge in [-0.15, -0.1) is 0 Å². The van der Waals surface area contributed by atoms with Crippen molar-refractivity contribution in [3.05, 3.63) is 0 Å². The van der Waals surface area contributed by atoms with E-state index >= 15 is 0 Å². The van der Waals surface area contributed by atoms with E-state index in [0.29, 0.717) is 26.0 Å². The minimum atomic E-state index is -0.964. The van der Waals surface area contributed by atoms with Crippen molar-refractivity contribution in [3.63, 3.8) is 0 Å². The number of likely N-dealkylation sites (tertiary alicyclic amines) is 1. The maximum Gasteiger partial charge on any atom is 0.244 e. The van der Waals surface area contributed by atoms with Crippen LogP contribution in [0, 0.1) is 5.41 Å². The lowest BCUT2D eigenvalue weighted by Gasteiger charge is -2.57. The highest BCUT2D eigenvalue weighted by atomic mass is 16.5. The molecule has 0 radical (unpaired) electrons. The number of carbonyl (C=O) groups excluding carboxylic acids is 2. The van der Waals surface area contributed by atoms with Gasteiger partial charge in [-0.25, -0.2) is 0 Å². The van der Waals surface area contributed by atoms with E-state index in [1.165, 1.54) is 0 Å². The highest BCUT2D eigenvalue weighted by molar-refractivity contribution is 5.94. The third-order valence-electron chi connectivity index (χ3n) is 4.97. The molecule has 1 heterocycles. The maximum atomic E-state index is 12.5. The largest absolute Gasteiger partial charge is 0.378 e. The molecule has 2 rings (SSSR count). The smallest absolute Gasteiger partial charge is 0.244 e. The Labute approximate surface area is 120 Å². The monoisotopic (exact) mass is 283 g/mol. The minimum absolute atomic E-state index is 0.00907. The van der Waals surface area contributed by atoms with Gasteiger partial charge in [0.2, 0.25) is 11.8 Å². The lowest BCUT2D eigenvalue weighted by molar-refractivity contribution is -0.171. The zero-order valence-corrected chi connectivity index (χ0v) is 12.7. The summed E-state index contributed by atoms with van der Waals surface area (Å²) in [7, 11) is 1.74. The van der Waals surface area contributed by atoms with E-state index < -0.39 is 17.0 Å². The zero-order chi connectivity index (χ0) is 15.1. The molecule has 2 fully saturated rings. The van der Waals surface area contributed by atoms with Crippen molar-refractivity contribution in [2.24, 2.45) is 11.1 Å². The van der Waals surface area contributed by atoms with Crippen LogP contribution in [0.4, 0.5) is 0 Å². The molecule has 0 aromatic heterocycles. The molecule has 0 spiro atoms. The Kier molecular flexibility index (Phi) is 3.81. The highest BCUT2D eigenvalue weighted by Gasteiger charge is 2.63. The van der Waals surface area contributed by atoms with E-state index in [9.17, 15) is 9.59 Å². The van der Waals surface area contributed by atoms with Crippen LogP contribution in [0.3, 0.4) is 0 Å². The molecule has 3 unspecified atom stereocenters. The summed E-state index contributed by atoms with van der Waals surface area (Å²) in [4.78, 5) is 25.9. The van der Waals surface area contributed by atoms with Crippen molar-refractivity contribution >= 4 is 11.8 Å². The topological polar surface area (TPSA) is 84.7 Å². The van der Waals surface area contributed by atoms with E-state index in [-0.39, 0.29) is 17.9 Å². The average molecular weight is 283 g/mol. The fraction of sp³-hybridized carbons (Fsp3) is 0.857. The first-order valence-corrected chi connectivity index (χ1v) is 7.20. The number of nitrogens with zero attached hydrogens (tertiary/aromatic N) is 1. The Bertz CT molecular complexity index is 424. The van der Waals surface area contributed by atoms with Gasteiger partial charge in [-0.2, -0.15) is 0 Å². The number of nitrogens with two attached hydrogens (primary N) is 1. The van der Waals surface area contributed by atoms with Gasteiger partial charge >= 0.3 is 0 Å². The van der Waals surface area contributed by atoms with Crippen LogP contribution >= 0.6 is 0 Å². The number of likely N-dealkylation sites (N-methyl/N-ethyl adjacent to an activating group) is 1. The predicted octanol–water partition coefficient (Wildman–Crippen LogP) is -0.134. The SMILES string of the molecule is CCOC1CC(N)(C(=O)NC2CCN(C)C2=O)C1(C)C. The second kappa shape index (κ2) is 5.00. The molecule has 1 saturated carbocycles. The van der Waals surface area contributed by atoms with Crippen molar-refractivity contribution in [1.29, 1.82) is 0 Å². The third kappa shape index (κ3) is 2.11. The molecular formula is C14H25N3O3. The molecule has 3 N–H and O–H groups in total. The third-order valence-corrected chi connectivity index (χ3v) is 4.97. The molecule has 0 bridgehead atoms. The molecule has 0 aromatic rings. The van der Waals surface area contributed by atoms with Crippen LogP contribution in [0.5, 0.6) is 0 Å². The van der Waals surface area contributed by atoms with Crippen molar-refractivity contribution in [3.8, 4) is 0 Å². The predicted molar refractivity (Wildman–Crippen MR) is 74.9 cm³/mol. The number of rotatable bonds is 4. The molecule has 20 heavy (non-hydrogen) atoms. The molecule has 1 saturated heterocycles. The van der Waals surface area contributed by atoms with Crippen LogP contribution in [0.2, 0.25) is 0 Å². The van der Waals surface area contributed by atoms with Crippen molar-refractivity contribution < 1.29 is 14.3 Å². The molecule has 2 aliphatic rings. The summed E-state index contributed by atoms with van der Waals surface area (Å²) in [5.74, 6) is -0.285. The summed E-state index contributed by atoms with van der Waals surface area (Å²) in [6, 6.07) is -0.435. The molecule has 1 aliphatic carbocycles. The van der Waals surface area contributed by atoms with Gasteiger partial charge in [0.1, 0.15) is 11.6 Å². The van der Waals surface area contributed by atoms with Gasteiger partial charge in [-0.3, -0.25) is 9.59 Å². The van der Waals surface area contributed by atoms with Gasteiger partial charge in [0.05, 0.1) is 6.10 Å². The Hall–Kier alpha value is -1.14. The summed E-state index contributed by atoms with van der Waals surface area (Å²) in [5, 5.41) is 2.81. The molecule has 1 aliphatic heterocycles. The first-order chi connectivity index (χ1) is 9.24. The first-order valence-electron chi connectivity index (χ1n) is 7.20. The number of amides is 2. The van der Waals surface area contributed by atoms with Crippen LogP contribution in [0.15, 0.2) is 0 Å². The van der Waals surface area contributed by atoms with Crippen LogP contribution < -0.4 is 11.1 Å². The van der Waals surface area contributed by atoms with Gasteiger partial charge in [0, 0.05) is 32.0 Å². The fourth-order valence-electron chi connectivity index (χ4n) is 3.06. The summed E-state index contributed by atoms with van der Waals surface area (Å²) < 4.78 is 5.61. The summed E-state index contributed by atoms with van der Waals surface area (Å²) in [5.41, 5.74) is 4.89. The fourth-order valence-corrected chi connectivity index (χ4v) is 3.06. The van der Waals surface area contributed by atoms with Crippen molar-refractivity contribution in [1.82, 2.24) is 10.2 Å². The molecular weight excluding hydrogens is 258 g/mol. The molecule has 0 aromatic carbocycles. The second-order valence-corrected chi connectivity index (χ2v) is 6.42. The average Bonchev–Trinajstić information content (AvgIpc) is 2.70. The van der Waals surface area contributed by atoms with Crippen LogP contribution in [0.1, 0.15) is 33.6 Å². The van der Waals surface area contributed by atoms with Crippen LogP contribution in [-0.4, -0.2) is 54.6 Å². The van der Waals surface area contributed by atoms with E-state index in [1.807, 2.05) is 20.8 Å². The van der Waals surface area contributed by atoms with Gasteiger partial charge < -0.3 is 20.7 Å².